The number of anilines is 1. The SMILES string of the molecule is CCN(CC)S(=O)(=O)c1cc(C(=O)Nc2cccc(S(=O)(=O)N3CCCCC3)c2)ccc1F. The molecule has 33 heavy (non-hydrogen) atoms. The number of nitrogens with zero attached hydrogens (tertiary/aromatic N) is 2. The van der Waals surface area contributed by atoms with E-state index in [0.717, 1.165) is 35.7 Å². The second-order valence-electron chi connectivity index (χ2n) is 7.68. The Balaban J connectivity index is 1.86. The molecule has 0 spiro atoms. The number of hydrogen-bond donors (Lipinski definition) is 1. The maximum atomic E-state index is 14.3. The molecule has 180 valence electrons. The Bertz CT molecular complexity index is 1220. The fraction of sp³-hybridized carbons (Fsp3) is 0.409. The van der Waals surface area contributed by atoms with Crippen LogP contribution >= 0.6 is 0 Å². The summed E-state index contributed by atoms with van der Waals surface area (Å²) < 4.78 is 68.2. The van der Waals surface area contributed by atoms with Crippen LogP contribution in [0.3, 0.4) is 0 Å². The van der Waals surface area contributed by atoms with Crippen molar-refractivity contribution in [3.05, 3.63) is 53.8 Å². The molecule has 3 rings (SSSR count). The zero-order valence-electron chi connectivity index (χ0n) is 18.6. The van der Waals surface area contributed by atoms with Crippen LogP contribution in [-0.2, 0) is 20.0 Å². The average molecular weight is 498 g/mol. The van der Waals surface area contributed by atoms with Gasteiger partial charge >= 0.3 is 0 Å². The van der Waals surface area contributed by atoms with Gasteiger partial charge in [-0.15, -0.1) is 0 Å². The van der Waals surface area contributed by atoms with Gasteiger partial charge in [0.1, 0.15) is 10.7 Å². The van der Waals surface area contributed by atoms with E-state index in [1.807, 2.05) is 0 Å². The van der Waals surface area contributed by atoms with Crippen molar-refractivity contribution in [1.29, 1.82) is 0 Å². The molecule has 0 aromatic heterocycles. The summed E-state index contributed by atoms with van der Waals surface area (Å²) in [7, 11) is -7.79. The predicted molar refractivity (Wildman–Crippen MR) is 124 cm³/mol. The first-order chi connectivity index (χ1) is 15.6. The topological polar surface area (TPSA) is 104 Å². The smallest absolute Gasteiger partial charge is 0.255 e. The Hall–Kier alpha value is -2.34. The zero-order valence-corrected chi connectivity index (χ0v) is 20.3. The Labute approximate surface area is 194 Å². The van der Waals surface area contributed by atoms with E-state index in [-0.39, 0.29) is 29.2 Å². The monoisotopic (exact) mass is 497 g/mol. The van der Waals surface area contributed by atoms with Crippen LogP contribution in [-0.4, -0.2) is 57.5 Å². The highest BCUT2D eigenvalue weighted by molar-refractivity contribution is 7.89. The molecule has 1 N–H and O–H groups in total. The Kier molecular flexibility index (Phi) is 7.88. The first-order valence-corrected chi connectivity index (χ1v) is 13.7. The molecule has 2 aromatic carbocycles. The number of amides is 1. The van der Waals surface area contributed by atoms with Crippen LogP contribution in [0.2, 0.25) is 0 Å². The second-order valence-corrected chi connectivity index (χ2v) is 11.5. The minimum absolute atomic E-state index is 0.0612. The quantitative estimate of drug-likeness (QED) is 0.603. The van der Waals surface area contributed by atoms with Gasteiger partial charge in [0.2, 0.25) is 20.0 Å². The van der Waals surface area contributed by atoms with Gasteiger partial charge in [-0.25, -0.2) is 21.2 Å². The highest BCUT2D eigenvalue weighted by atomic mass is 32.2. The summed E-state index contributed by atoms with van der Waals surface area (Å²) >= 11 is 0. The molecule has 0 radical (unpaired) electrons. The molecule has 0 atom stereocenters. The Morgan fingerprint density at radius 3 is 2.30 bits per heavy atom. The largest absolute Gasteiger partial charge is 0.322 e. The molecule has 0 saturated carbocycles. The molecule has 0 aliphatic carbocycles. The molecule has 1 fully saturated rings. The molecule has 1 aliphatic rings. The fourth-order valence-electron chi connectivity index (χ4n) is 3.74. The summed E-state index contributed by atoms with van der Waals surface area (Å²) in [4.78, 5) is 12.3. The fourth-order valence-corrected chi connectivity index (χ4v) is 6.85. The third-order valence-electron chi connectivity index (χ3n) is 5.56. The average Bonchev–Trinajstić information content (AvgIpc) is 2.80. The number of halogens is 1. The molecular formula is C22H28FN3O5S2. The highest BCUT2D eigenvalue weighted by Gasteiger charge is 2.28. The van der Waals surface area contributed by atoms with Crippen molar-refractivity contribution in [3.63, 3.8) is 0 Å². The summed E-state index contributed by atoms with van der Waals surface area (Å²) in [6.45, 7) is 4.51. The van der Waals surface area contributed by atoms with Crippen molar-refractivity contribution < 1.29 is 26.0 Å². The van der Waals surface area contributed by atoms with Crippen molar-refractivity contribution in [2.24, 2.45) is 0 Å². The molecule has 1 saturated heterocycles. The van der Waals surface area contributed by atoms with E-state index in [9.17, 15) is 26.0 Å². The van der Waals surface area contributed by atoms with Crippen molar-refractivity contribution in [1.82, 2.24) is 8.61 Å². The standard InChI is InChI=1S/C22H28FN3O5S2/c1-3-25(4-2)33(30,31)21-15-17(11-12-20(21)23)22(27)24-18-9-8-10-19(16-18)32(28,29)26-13-6-5-7-14-26/h8-12,15-16H,3-7,13-14H2,1-2H3,(H,24,27). The zero-order chi connectivity index (χ0) is 24.2. The number of hydrogen-bond acceptors (Lipinski definition) is 5. The van der Waals surface area contributed by atoms with Gasteiger partial charge in [-0.05, 0) is 49.2 Å². The molecule has 1 amide bonds. The van der Waals surface area contributed by atoms with E-state index in [1.165, 1.54) is 34.6 Å². The minimum atomic E-state index is -4.11. The van der Waals surface area contributed by atoms with Crippen molar-refractivity contribution in [2.45, 2.75) is 42.9 Å². The van der Waals surface area contributed by atoms with E-state index in [0.29, 0.717) is 13.1 Å². The first kappa shape index (κ1) is 25.3. The Morgan fingerprint density at radius 1 is 1.00 bits per heavy atom. The molecule has 0 bridgehead atoms. The van der Waals surface area contributed by atoms with E-state index in [1.54, 1.807) is 13.8 Å². The Morgan fingerprint density at radius 2 is 1.67 bits per heavy atom. The number of carbonyl (C=O) groups is 1. The van der Waals surface area contributed by atoms with Gasteiger partial charge in [-0.1, -0.05) is 26.3 Å². The van der Waals surface area contributed by atoms with Crippen molar-refractivity contribution >= 4 is 31.6 Å². The maximum absolute atomic E-state index is 14.3. The molecule has 1 aliphatic heterocycles. The predicted octanol–water partition coefficient (Wildman–Crippen LogP) is 3.28. The van der Waals surface area contributed by atoms with Crippen LogP contribution in [0, 0.1) is 5.82 Å². The van der Waals surface area contributed by atoms with Crippen LogP contribution in [0.1, 0.15) is 43.5 Å². The summed E-state index contributed by atoms with van der Waals surface area (Å²) in [6, 6.07) is 8.98. The number of piperidine rings is 1. The third kappa shape index (κ3) is 5.43. The minimum Gasteiger partial charge on any atom is -0.322 e. The number of carbonyl (C=O) groups excluding carboxylic acids is 1. The van der Waals surface area contributed by atoms with Crippen LogP contribution < -0.4 is 5.32 Å². The van der Waals surface area contributed by atoms with E-state index in [4.69, 9.17) is 0 Å². The first-order valence-electron chi connectivity index (χ1n) is 10.8. The van der Waals surface area contributed by atoms with E-state index >= 15 is 0 Å². The maximum Gasteiger partial charge on any atom is 0.255 e. The molecule has 1 heterocycles. The lowest BCUT2D eigenvalue weighted by atomic mass is 10.2. The molecule has 11 heteroatoms. The number of nitrogens with one attached hydrogen (secondary N) is 1. The normalized spacial score (nSPS) is 15.5. The summed E-state index contributed by atoms with van der Waals surface area (Å²) in [5, 5.41) is 2.58. The second kappa shape index (κ2) is 10.3. The molecule has 0 unspecified atom stereocenters. The van der Waals surface area contributed by atoms with E-state index in [2.05, 4.69) is 5.32 Å². The van der Waals surface area contributed by atoms with E-state index < -0.39 is 36.7 Å². The lowest BCUT2D eigenvalue weighted by Gasteiger charge is -2.26. The molecule has 2 aromatic rings. The van der Waals surface area contributed by atoms with Gasteiger partial charge < -0.3 is 5.32 Å². The summed E-state index contributed by atoms with van der Waals surface area (Å²) in [5.41, 5.74) is 0.169. The summed E-state index contributed by atoms with van der Waals surface area (Å²) in [5.74, 6) is -1.63. The lowest BCUT2D eigenvalue weighted by Crippen LogP contribution is -2.35. The van der Waals surface area contributed by atoms with Crippen molar-refractivity contribution in [2.75, 3.05) is 31.5 Å². The van der Waals surface area contributed by atoms with Gasteiger partial charge in [0, 0.05) is 37.4 Å². The van der Waals surface area contributed by atoms with Crippen LogP contribution in [0.4, 0.5) is 10.1 Å². The highest BCUT2D eigenvalue weighted by Crippen LogP contribution is 2.24. The van der Waals surface area contributed by atoms with Crippen molar-refractivity contribution in [3.8, 4) is 0 Å². The van der Waals surface area contributed by atoms with Gasteiger partial charge in [-0.2, -0.15) is 8.61 Å². The van der Waals surface area contributed by atoms with Crippen LogP contribution in [0.5, 0.6) is 0 Å². The molecular weight excluding hydrogens is 469 g/mol. The third-order valence-corrected chi connectivity index (χ3v) is 9.52. The number of rotatable bonds is 8. The lowest BCUT2D eigenvalue weighted by molar-refractivity contribution is 0.102. The van der Waals surface area contributed by atoms with Crippen LogP contribution in [0.15, 0.2) is 52.3 Å². The molecule has 8 nitrogen and oxygen atoms in total. The van der Waals surface area contributed by atoms with Gasteiger partial charge in [0.05, 0.1) is 4.90 Å². The van der Waals surface area contributed by atoms with Gasteiger partial charge in [0.15, 0.2) is 0 Å². The summed E-state index contributed by atoms with van der Waals surface area (Å²) in [6.07, 6.45) is 2.60. The number of benzene rings is 2. The van der Waals surface area contributed by atoms with Gasteiger partial charge in [0.25, 0.3) is 5.91 Å². The van der Waals surface area contributed by atoms with Gasteiger partial charge in [-0.3, -0.25) is 4.79 Å². The number of sulfonamides is 2. The van der Waals surface area contributed by atoms with Crippen LogP contribution in [0.25, 0.3) is 0 Å².